The van der Waals surface area contributed by atoms with E-state index < -0.39 is 6.10 Å². The van der Waals surface area contributed by atoms with Gasteiger partial charge in [0.05, 0.1) is 18.6 Å². The molecule has 0 aliphatic carbocycles. The van der Waals surface area contributed by atoms with Crippen LogP contribution < -0.4 is 0 Å². The Morgan fingerprint density at radius 3 is 2.28 bits per heavy atom. The third kappa shape index (κ3) is 3.91. The van der Waals surface area contributed by atoms with E-state index in [4.69, 9.17) is 0 Å². The van der Waals surface area contributed by atoms with E-state index in [0.29, 0.717) is 17.8 Å². The summed E-state index contributed by atoms with van der Waals surface area (Å²) in [6, 6.07) is 30.4. The normalized spacial score (nSPS) is 27.2. The topological polar surface area (TPSA) is 33.1 Å². The van der Waals surface area contributed by atoms with Gasteiger partial charge in [0.2, 0.25) is 0 Å². The molecule has 2 bridgehead atoms. The molecule has 4 aromatic carbocycles. The van der Waals surface area contributed by atoms with Crippen LogP contribution in [-0.4, -0.2) is 33.7 Å². The molecule has 3 saturated heterocycles. The largest absolute Gasteiger partial charge is 0.382 e. The van der Waals surface area contributed by atoms with Gasteiger partial charge >= 0.3 is 0 Å². The number of aliphatic hydroxyl groups excluding tert-OH is 1. The lowest BCUT2D eigenvalue weighted by atomic mass is 9.65. The van der Waals surface area contributed by atoms with E-state index in [-0.39, 0.29) is 6.04 Å². The quantitative estimate of drug-likeness (QED) is 0.143. The summed E-state index contributed by atoms with van der Waals surface area (Å²) < 4.78 is 0.904. The van der Waals surface area contributed by atoms with Crippen molar-refractivity contribution in [1.29, 1.82) is 0 Å². The van der Waals surface area contributed by atoms with Crippen LogP contribution in [0.4, 0.5) is 0 Å². The molecule has 3 nitrogen and oxygen atoms in total. The van der Waals surface area contributed by atoms with E-state index >= 15 is 0 Å². The molecule has 3 heteroatoms. The van der Waals surface area contributed by atoms with Gasteiger partial charge in [-0.2, -0.15) is 0 Å². The second kappa shape index (κ2) is 9.59. The summed E-state index contributed by atoms with van der Waals surface area (Å²) in [5, 5.41) is 18.6. The lowest BCUT2D eigenvalue weighted by molar-refractivity contribution is -0.988. The first-order valence-corrected chi connectivity index (χ1v) is 14.5. The maximum atomic E-state index is 12.3. The first-order chi connectivity index (χ1) is 19.1. The van der Waals surface area contributed by atoms with Crippen molar-refractivity contribution in [2.45, 2.75) is 38.5 Å². The van der Waals surface area contributed by atoms with Crippen LogP contribution >= 0.6 is 0 Å². The molecular weight excluding hydrogens is 476 g/mol. The predicted octanol–water partition coefficient (Wildman–Crippen LogP) is 7.82. The van der Waals surface area contributed by atoms with Gasteiger partial charge < -0.3 is 9.59 Å². The molecule has 3 aliphatic rings. The lowest BCUT2D eigenvalue weighted by Gasteiger charge is -2.61. The van der Waals surface area contributed by atoms with Gasteiger partial charge in [-0.3, -0.25) is 4.98 Å². The Balaban J connectivity index is 1.41. The molecule has 6 atom stereocenters. The molecule has 1 N–H and O–H groups in total. The van der Waals surface area contributed by atoms with Gasteiger partial charge in [-0.25, -0.2) is 0 Å². The smallest absolute Gasteiger partial charge is 0.131 e. The predicted molar refractivity (Wildman–Crippen MR) is 161 cm³/mol. The summed E-state index contributed by atoms with van der Waals surface area (Å²) >= 11 is 0. The third-order valence-electron chi connectivity index (χ3n) is 10.1. The molecule has 3 aliphatic heterocycles. The van der Waals surface area contributed by atoms with Gasteiger partial charge in [0.25, 0.3) is 0 Å². The Bertz CT molecular complexity index is 1630. The number of aliphatic hydroxyl groups is 1. The van der Waals surface area contributed by atoms with Crippen molar-refractivity contribution in [3.05, 3.63) is 115 Å². The number of benzene rings is 4. The van der Waals surface area contributed by atoms with Crippen molar-refractivity contribution in [3.63, 3.8) is 0 Å². The monoisotopic (exact) mass is 513 g/mol. The third-order valence-corrected chi connectivity index (χ3v) is 10.1. The summed E-state index contributed by atoms with van der Waals surface area (Å²) in [4.78, 5) is 4.59. The first-order valence-electron chi connectivity index (χ1n) is 14.5. The fraction of sp³-hybridized carbons (Fsp3) is 0.306. The fourth-order valence-electron chi connectivity index (χ4n) is 8.25. The molecule has 8 rings (SSSR count). The summed E-state index contributed by atoms with van der Waals surface area (Å²) in [6.45, 7) is 9.70. The van der Waals surface area contributed by atoms with Gasteiger partial charge in [-0.1, -0.05) is 79.7 Å². The highest BCUT2D eigenvalue weighted by atomic mass is 16.3. The number of aromatic nitrogens is 1. The van der Waals surface area contributed by atoms with Crippen molar-refractivity contribution in [2.24, 2.45) is 17.8 Å². The van der Waals surface area contributed by atoms with Crippen molar-refractivity contribution < 1.29 is 9.59 Å². The van der Waals surface area contributed by atoms with E-state index in [2.05, 4.69) is 91.3 Å². The van der Waals surface area contributed by atoms with E-state index in [1.807, 2.05) is 24.4 Å². The molecule has 0 radical (unpaired) electrons. The standard InChI is InChI=1S/C36H37N2O/c1-3-24-21-38(23-33-28-13-7-5-11-26(28)19-27-12-6-8-14-29(27)33)22-25(4-2)32(24)20-35(38)36(39)31-17-18-37-34-16-10-9-15-30(31)34/h3,5-19,24-25,32,35-36,39H,1,4,20-23H2,2H3/q+1/t24-,25-,32-,35-,36+,38+/m0/s1. The van der Waals surface area contributed by atoms with E-state index in [1.165, 1.54) is 33.5 Å². The Labute approximate surface area is 231 Å². The van der Waals surface area contributed by atoms with Crippen LogP contribution in [0.2, 0.25) is 0 Å². The van der Waals surface area contributed by atoms with Crippen LogP contribution in [0.1, 0.15) is 37.0 Å². The average Bonchev–Trinajstić information content (AvgIpc) is 3.00. The average molecular weight is 514 g/mol. The van der Waals surface area contributed by atoms with Crippen LogP contribution in [0, 0.1) is 17.8 Å². The molecule has 196 valence electrons. The van der Waals surface area contributed by atoms with Crippen LogP contribution in [0.25, 0.3) is 32.4 Å². The maximum Gasteiger partial charge on any atom is 0.131 e. The molecule has 0 amide bonds. The van der Waals surface area contributed by atoms with E-state index in [0.717, 1.165) is 47.0 Å². The molecule has 1 aromatic heterocycles. The van der Waals surface area contributed by atoms with Gasteiger partial charge in [0.1, 0.15) is 18.7 Å². The number of nitrogens with zero attached hydrogens (tertiary/aromatic N) is 2. The van der Waals surface area contributed by atoms with Crippen molar-refractivity contribution >= 4 is 32.4 Å². The van der Waals surface area contributed by atoms with Gasteiger partial charge in [0, 0.05) is 35.4 Å². The number of fused-ring (bicyclic) bond motifs is 6. The number of hydrogen-bond acceptors (Lipinski definition) is 2. The zero-order valence-electron chi connectivity index (χ0n) is 22.7. The van der Waals surface area contributed by atoms with Gasteiger partial charge in [-0.05, 0) is 57.6 Å². The minimum atomic E-state index is -0.551. The first kappa shape index (κ1) is 24.5. The molecule has 3 fully saturated rings. The molecular formula is C36H37N2O+. The molecule has 39 heavy (non-hydrogen) atoms. The van der Waals surface area contributed by atoms with Crippen LogP contribution in [-0.2, 0) is 6.54 Å². The summed E-state index contributed by atoms with van der Waals surface area (Å²) in [6.07, 6.45) is 5.72. The highest BCUT2D eigenvalue weighted by Crippen LogP contribution is 2.51. The van der Waals surface area contributed by atoms with E-state index in [9.17, 15) is 5.11 Å². The second-order valence-electron chi connectivity index (χ2n) is 11.9. The Morgan fingerprint density at radius 1 is 0.923 bits per heavy atom. The van der Waals surface area contributed by atoms with Crippen LogP contribution in [0.5, 0.6) is 0 Å². The fourth-order valence-corrected chi connectivity index (χ4v) is 8.25. The van der Waals surface area contributed by atoms with Crippen molar-refractivity contribution in [3.8, 4) is 0 Å². The molecule has 0 saturated carbocycles. The Morgan fingerprint density at radius 2 is 1.59 bits per heavy atom. The Kier molecular flexibility index (Phi) is 6.02. The lowest BCUT2D eigenvalue weighted by Crippen LogP contribution is -2.70. The molecule has 0 spiro atoms. The zero-order valence-corrected chi connectivity index (χ0v) is 22.7. The number of para-hydroxylation sites is 1. The molecule has 4 heterocycles. The molecule has 0 unspecified atom stereocenters. The minimum Gasteiger partial charge on any atom is -0.382 e. The van der Waals surface area contributed by atoms with E-state index in [1.54, 1.807) is 0 Å². The second-order valence-corrected chi connectivity index (χ2v) is 11.9. The number of hydrogen-bond donors (Lipinski definition) is 1. The van der Waals surface area contributed by atoms with Crippen molar-refractivity contribution in [2.75, 3.05) is 13.1 Å². The molecule has 5 aromatic rings. The maximum absolute atomic E-state index is 12.3. The highest BCUT2D eigenvalue weighted by Gasteiger charge is 2.57. The number of piperidine rings is 3. The van der Waals surface area contributed by atoms with Crippen LogP contribution in [0.3, 0.4) is 0 Å². The summed E-state index contributed by atoms with van der Waals surface area (Å²) in [5.41, 5.74) is 3.38. The summed E-state index contributed by atoms with van der Waals surface area (Å²) in [7, 11) is 0. The van der Waals surface area contributed by atoms with Gasteiger partial charge in [-0.15, -0.1) is 6.58 Å². The summed E-state index contributed by atoms with van der Waals surface area (Å²) in [5.74, 6) is 1.69. The number of pyridine rings is 1. The zero-order chi connectivity index (χ0) is 26.6. The number of quaternary nitrogens is 1. The Hall–Kier alpha value is -3.53. The van der Waals surface area contributed by atoms with Gasteiger partial charge in [0.15, 0.2) is 0 Å². The van der Waals surface area contributed by atoms with Crippen molar-refractivity contribution in [1.82, 2.24) is 4.98 Å². The van der Waals surface area contributed by atoms with Crippen LogP contribution in [0.15, 0.2) is 104 Å². The minimum absolute atomic E-state index is 0.123. The SMILES string of the molecule is C=C[C@H]1C[N@+]2(Cc3c4ccccc4cc4ccccc34)C[C@H](CC)[C@H]1C[C@H]2[C@H](O)c1ccnc2ccccc12. The number of rotatable bonds is 6. The highest BCUT2D eigenvalue weighted by molar-refractivity contribution is 6.02.